The Morgan fingerprint density at radius 3 is 2.50 bits per heavy atom. The molecule has 0 amide bonds. The second-order valence-corrected chi connectivity index (χ2v) is 5.71. The number of hydrogen-bond donors (Lipinski definition) is 1. The highest BCUT2D eigenvalue weighted by Gasteiger charge is 2.21. The van der Waals surface area contributed by atoms with Crippen LogP contribution in [-0.2, 0) is 0 Å². The van der Waals surface area contributed by atoms with Gasteiger partial charge in [-0.3, -0.25) is 0 Å². The van der Waals surface area contributed by atoms with E-state index in [0.717, 1.165) is 18.4 Å². The van der Waals surface area contributed by atoms with Crippen molar-refractivity contribution >= 4 is 0 Å². The van der Waals surface area contributed by atoms with Crippen LogP contribution in [-0.4, -0.2) is 38.1 Å². The molecule has 0 aromatic carbocycles. The van der Waals surface area contributed by atoms with Gasteiger partial charge in [0.05, 0.1) is 0 Å². The number of rotatable bonds is 6. The van der Waals surface area contributed by atoms with Gasteiger partial charge >= 0.3 is 0 Å². The Morgan fingerprint density at radius 2 is 1.94 bits per heavy atom. The molecule has 0 radical (unpaired) electrons. The lowest BCUT2D eigenvalue weighted by Crippen LogP contribution is -2.40. The van der Waals surface area contributed by atoms with E-state index < -0.39 is 0 Å². The summed E-state index contributed by atoms with van der Waals surface area (Å²) in [5.74, 6) is 1.86. The lowest BCUT2D eigenvalue weighted by atomic mass is 9.80. The van der Waals surface area contributed by atoms with Gasteiger partial charge in [0.15, 0.2) is 0 Å². The molecule has 96 valence electrons. The third kappa shape index (κ3) is 4.42. The van der Waals surface area contributed by atoms with Gasteiger partial charge in [0.1, 0.15) is 0 Å². The average molecular weight is 226 g/mol. The summed E-state index contributed by atoms with van der Waals surface area (Å²) in [5, 5.41) is 3.68. The summed E-state index contributed by atoms with van der Waals surface area (Å²) in [7, 11) is 4.36. The predicted octanol–water partition coefficient (Wildman–Crippen LogP) is 2.74. The van der Waals surface area contributed by atoms with Crippen LogP contribution in [0.5, 0.6) is 0 Å². The van der Waals surface area contributed by atoms with Gasteiger partial charge in [-0.1, -0.05) is 33.1 Å². The van der Waals surface area contributed by atoms with Crippen LogP contribution in [0.3, 0.4) is 0 Å². The molecule has 1 aliphatic carbocycles. The first-order valence-electron chi connectivity index (χ1n) is 7.02. The van der Waals surface area contributed by atoms with E-state index >= 15 is 0 Å². The summed E-state index contributed by atoms with van der Waals surface area (Å²) in [5.41, 5.74) is 0. The maximum atomic E-state index is 3.68. The molecule has 1 aliphatic rings. The SMILES string of the molecule is CCC(CNCC1CCCCC1C)N(C)C. The van der Waals surface area contributed by atoms with Crippen LogP contribution >= 0.6 is 0 Å². The van der Waals surface area contributed by atoms with Crippen molar-refractivity contribution in [1.29, 1.82) is 0 Å². The van der Waals surface area contributed by atoms with Gasteiger partial charge in [0.2, 0.25) is 0 Å². The number of likely N-dealkylation sites (N-methyl/N-ethyl adjacent to an activating group) is 1. The first-order chi connectivity index (χ1) is 7.65. The fourth-order valence-electron chi connectivity index (χ4n) is 2.82. The van der Waals surface area contributed by atoms with Crippen molar-refractivity contribution in [3.8, 4) is 0 Å². The lowest BCUT2D eigenvalue weighted by Gasteiger charge is -2.30. The fourth-order valence-corrected chi connectivity index (χ4v) is 2.82. The van der Waals surface area contributed by atoms with E-state index in [4.69, 9.17) is 0 Å². The van der Waals surface area contributed by atoms with Crippen LogP contribution in [0.25, 0.3) is 0 Å². The van der Waals surface area contributed by atoms with Crippen molar-refractivity contribution < 1.29 is 0 Å². The Bertz CT molecular complexity index is 180. The molecule has 1 rings (SSSR count). The molecule has 2 heteroatoms. The summed E-state index contributed by atoms with van der Waals surface area (Å²) in [4.78, 5) is 2.33. The Labute approximate surface area is 102 Å². The maximum absolute atomic E-state index is 3.68. The van der Waals surface area contributed by atoms with E-state index in [-0.39, 0.29) is 0 Å². The van der Waals surface area contributed by atoms with Crippen LogP contribution < -0.4 is 5.32 Å². The molecule has 0 saturated heterocycles. The third-order valence-corrected chi connectivity index (χ3v) is 4.28. The number of nitrogens with zero attached hydrogens (tertiary/aromatic N) is 1. The summed E-state index contributed by atoms with van der Waals surface area (Å²) >= 11 is 0. The molecule has 3 unspecified atom stereocenters. The summed E-state index contributed by atoms with van der Waals surface area (Å²) in [6.45, 7) is 7.07. The van der Waals surface area contributed by atoms with E-state index in [0.29, 0.717) is 6.04 Å². The standard InChI is InChI=1S/C14H30N2/c1-5-14(16(3)4)11-15-10-13-9-7-6-8-12(13)2/h12-15H,5-11H2,1-4H3. The van der Waals surface area contributed by atoms with Gasteiger partial charge in [-0.15, -0.1) is 0 Å². The van der Waals surface area contributed by atoms with E-state index in [1.54, 1.807) is 0 Å². The zero-order valence-electron chi connectivity index (χ0n) is 11.6. The van der Waals surface area contributed by atoms with E-state index in [1.165, 1.54) is 38.6 Å². The van der Waals surface area contributed by atoms with Crippen LogP contribution in [0.1, 0.15) is 46.0 Å². The van der Waals surface area contributed by atoms with Crippen molar-refractivity contribution in [3.63, 3.8) is 0 Å². The van der Waals surface area contributed by atoms with Gasteiger partial charge in [-0.2, -0.15) is 0 Å². The normalized spacial score (nSPS) is 28.3. The molecular formula is C14H30N2. The smallest absolute Gasteiger partial charge is 0.0211 e. The van der Waals surface area contributed by atoms with Crippen LogP contribution in [0, 0.1) is 11.8 Å². The zero-order chi connectivity index (χ0) is 12.0. The van der Waals surface area contributed by atoms with E-state index in [2.05, 4.69) is 38.2 Å². The Balaban J connectivity index is 2.18. The largest absolute Gasteiger partial charge is 0.315 e. The molecule has 1 N–H and O–H groups in total. The number of nitrogens with one attached hydrogen (secondary N) is 1. The summed E-state index contributed by atoms with van der Waals surface area (Å²) in [6.07, 6.45) is 7.01. The van der Waals surface area contributed by atoms with Crippen LogP contribution in [0.4, 0.5) is 0 Å². The van der Waals surface area contributed by atoms with Gasteiger partial charge in [-0.25, -0.2) is 0 Å². The first kappa shape index (κ1) is 14.0. The molecule has 0 bridgehead atoms. The van der Waals surface area contributed by atoms with Crippen LogP contribution in [0.15, 0.2) is 0 Å². The Hall–Kier alpha value is -0.0800. The highest BCUT2D eigenvalue weighted by Crippen LogP contribution is 2.28. The Kier molecular flexibility index (Phi) is 6.37. The van der Waals surface area contributed by atoms with Crippen molar-refractivity contribution in [1.82, 2.24) is 10.2 Å². The second kappa shape index (κ2) is 7.29. The van der Waals surface area contributed by atoms with E-state index in [9.17, 15) is 0 Å². The van der Waals surface area contributed by atoms with Gasteiger partial charge in [0, 0.05) is 12.6 Å². The van der Waals surface area contributed by atoms with Crippen molar-refractivity contribution in [2.75, 3.05) is 27.2 Å². The molecule has 1 fully saturated rings. The minimum absolute atomic E-state index is 0.693. The minimum atomic E-state index is 0.693. The van der Waals surface area contributed by atoms with Crippen molar-refractivity contribution in [2.45, 2.75) is 52.0 Å². The summed E-state index contributed by atoms with van der Waals surface area (Å²) < 4.78 is 0. The molecule has 2 nitrogen and oxygen atoms in total. The molecule has 3 atom stereocenters. The first-order valence-corrected chi connectivity index (χ1v) is 7.02. The zero-order valence-corrected chi connectivity index (χ0v) is 11.6. The molecule has 0 heterocycles. The highest BCUT2D eigenvalue weighted by atomic mass is 15.1. The lowest BCUT2D eigenvalue weighted by molar-refractivity contribution is 0.229. The van der Waals surface area contributed by atoms with Crippen molar-refractivity contribution in [2.24, 2.45) is 11.8 Å². The minimum Gasteiger partial charge on any atom is -0.315 e. The summed E-state index contributed by atoms with van der Waals surface area (Å²) in [6, 6.07) is 0.693. The molecule has 0 aliphatic heterocycles. The molecular weight excluding hydrogens is 196 g/mol. The monoisotopic (exact) mass is 226 g/mol. The molecule has 0 aromatic heterocycles. The molecule has 1 saturated carbocycles. The van der Waals surface area contributed by atoms with Gasteiger partial charge in [0.25, 0.3) is 0 Å². The van der Waals surface area contributed by atoms with Crippen LogP contribution in [0.2, 0.25) is 0 Å². The maximum Gasteiger partial charge on any atom is 0.0211 e. The second-order valence-electron chi connectivity index (χ2n) is 5.71. The Morgan fingerprint density at radius 1 is 1.25 bits per heavy atom. The fraction of sp³-hybridized carbons (Fsp3) is 1.00. The highest BCUT2D eigenvalue weighted by molar-refractivity contribution is 4.75. The topological polar surface area (TPSA) is 15.3 Å². The third-order valence-electron chi connectivity index (χ3n) is 4.28. The van der Waals surface area contributed by atoms with Gasteiger partial charge < -0.3 is 10.2 Å². The van der Waals surface area contributed by atoms with Crippen molar-refractivity contribution in [3.05, 3.63) is 0 Å². The quantitative estimate of drug-likeness (QED) is 0.749. The molecule has 16 heavy (non-hydrogen) atoms. The average Bonchev–Trinajstić information content (AvgIpc) is 2.26. The predicted molar refractivity (Wildman–Crippen MR) is 71.8 cm³/mol. The van der Waals surface area contributed by atoms with Gasteiger partial charge in [-0.05, 0) is 45.3 Å². The molecule has 0 aromatic rings. The van der Waals surface area contributed by atoms with E-state index in [1.807, 2.05) is 0 Å². The molecule has 0 spiro atoms. The number of hydrogen-bond acceptors (Lipinski definition) is 2.